The summed E-state index contributed by atoms with van der Waals surface area (Å²) in [6, 6.07) is 1.55. The van der Waals surface area contributed by atoms with Crippen molar-refractivity contribution in [1.29, 1.82) is 0 Å². The maximum Gasteiger partial charge on any atom is 0.188 e. The van der Waals surface area contributed by atoms with Gasteiger partial charge in [0.05, 0.1) is 14.2 Å². The minimum absolute atomic E-state index is 0.0100. The lowest BCUT2D eigenvalue weighted by Crippen LogP contribution is -2.07. The molecule has 0 aromatic heterocycles. The van der Waals surface area contributed by atoms with Crippen molar-refractivity contribution in [3.63, 3.8) is 0 Å². The monoisotopic (exact) mass is 286 g/mol. The van der Waals surface area contributed by atoms with Gasteiger partial charge in [-0.25, -0.2) is 0 Å². The molecule has 0 spiro atoms. The lowest BCUT2D eigenvalue weighted by Gasteiger charge is -2.18. The molecule has 0 aliphatic heterocycles. The molecule has 20 heavy (non-hydrogen) atoms. The average molecular weight is 286 g/mol. The Hall–Kier alpha value is -1.99. The van der Waals surface area contributed by atoms with Crippen LogP contribution in [0.15, 0.2) is 6.07 Å². The molecule has 7 heteroatoms. The lowest BCUT2D eigenvalue weighted by molar-refractivity contribution is 0.0446. The first-order valence-corrected chi connectivity index (χ1v) is 5.71. The topological polar surface area (TPSA) is 72.5 Å². The van der Waals surface area contributed by atoms with Crippen molar-refractivity contribution < 1.29 is 33.2 Å². The molecule has 0 heterocycles. The van der Waals surface area contributed by atoms with Gasteiger partial charge in [-0.3, -0.25) is 4.79 Å². The van der Waals surface area contributed by atoms with E-state index in [0.29, 0.717) is 17.8 Å². The molecule has 0 aliphatic rings. The highest BCUT2D eigenvalue weighted by molar-refractivity contribution is 5.87. The first-order chi connectivity index (χ1) is 9.73. The lowest BCUT2D eigenvalue weighted by atomic mass is 10.1. The van der Waals surface area contributed by atoms with E-state index in [1.54, 1.807) is 6.07 Å². The van der Waals surface area contributed by atoms with Gasteiger partial charge in [-0.05, 0) is 0 Å². The van der Waals surface area contributed by atoms with Crippen LogP contribution in [0, 0.1) is 0 Å². The number of rotatable bonds is 9. The summed E-state index contributed by atoms with van der Waals surface area (Å²) in [6.45, 7) is -0.0191. The molecule has 0 fully saturated rings. The Labute approximate surface area is 117 Å². The quantitative estimate of drug-likeness (QED) is 0.503. The van der Waals surface area contributed by atoms with Crippen LogP contribution >= 0.6 is 0 Å². The maximum absolute atomic E-state index is 11.3. The standard InChI is InChI=1S/C13H18O7/c1-15-7-19-11-5-10(17-3)13(20-8-16-2)9(6-14)12(11)18-4/h5-6H,7-8H2,1-4H3. The molecule has 0 saturated heterocycles. The number of carbonyl (C=O) groups is 1. The molecule has 0 unspecified atom stereocenters. The first-order valence-electron chi connectivity index (χ1n) is 5.71. The average Bonchev–Trinajstić information content (AvgIpc) is 2.49. The number of hydrogen-bond acceptors (Lipinski definition) is 7. The maximum atomic E-state index is 11.3. The molecule has 1 aromatic rings. The predicted molar refractivity (Wildman–Crippen MR) is 69.9 cm³/mol. The van der Waals surface area contributed by atoms with Crippen molar-refractivity contribution in [3.05, 3.63) is 11.6 Å². The highest BCUT2D eigenvalue weighted by Crippen LogP contribution is 2.43. The second kappa shape index (κ2) is 8.23. The highest BCUT2D eigenvalue weighted by Gasteiger charge is 2.22. The van der Waals surface area contributed by atoms with Gasteiger partial charge in [0, 0.05) is 20.3 Å². The highest BCUT2D eigenvalue weighted by atomic mass is 16.7. The fourth-order valence-corrected chi connectivity index (χ4v) is 1.58. The summed E-state index contributed by atoms with van der Waals surface area (Å²) in [5.41, 5.74) is 0.176. The van der Waals surface area contributed by atoms with Crippen LogP contribution in [0.1, 0.15) is 10.4 Å². The van der Waals surface area contributed by atoms with Crippen molar-refractivity contribution in [3.8, 4) is 23.0 Å². The summed E-state index contributed by atoms with van der Waals surface area (Å²) < 4.78 is 30.7. The number of benzene rings is 1. The molecule has 0 bridgehead atoms. The molecule has 0 N–H and O–H groups in total. The molecule has 0 amide bonds. The second-order valence-electron chi connectivity index (χ2n) is 3.57. The van der Waals surface area contributed by atoms with Crippen molar-refractivity contribution in [1.82, 2.24) is 0 Å². The van der Waals surface area contributed by atoms with Gasteiger partial charge in [0.15, 0.2) is 42.9 Å². The normalized spacial score (nSPS) is 10.0. The minimum atomic E-state index is -0.0291. The van der Waals surface area contributed by atoms with E-state index in [-0.39, 0.29) is 30.6 Å². The zero-order chi connectivity index (χ0) is 15.0. The molecule has 1 aromatic carbocycles. The minimum Gasteiger partial charge on any atom is -0.493 e. The van der Waals surface area contributed by atoms with Crippen LogP contribution in [0.5, 0.6) is 23.0 Å². The fourth-order valence-electron chi connectivity index (χ4n) is 1.58. The van der Waals surface area contributed by atoms with Gasteiger partial charge in [0.25, 0.3) is 0 Å². The molecule has 0 aliphatic carbocycles. The Bertz CT molecular complexity index is 445. The van der Waals surface area contributed by atoms with Crippen molar-refractivity contribution in [2.75, 3.05) is 42.0 Å². The third-order valence-electron chi connectivity index (χ3n) is 2.39. The van der Waals surface area contributed by atoms with Gasteiger partial charge < -0.3 is 28.4 Å². The third-order valence-corrected chi connectivity index (χ3v) is 2.39. The van der Waals surface area contributed by atoms with E-state index in [0.717, 1.165) is 0 Å². The Kier molecular flexibility index (Phi) is 6.61. The van der Waals surface area contributed by atoms with Gasteiger partial charge >= 0.3 is 0 Å². The number of ether oxygens (including phenoxy) is 6. The van der Waals surface area contributed by atoms with E-state index < -0.39 is 0 Å². The number of carbonyl (C=O) groups excluding carboxylic acids is 1. The third kappa shape index (κ3) is 3.52. The van der Waals surface area contributed by atoms with Gasteiger partial charge in [-0.1, -0.05) is 0 Å². The largest absolute Gasteiger partial charge is 0.493 e. The van der Waals surface area contributed by atoms with Gasteiger partial charge in [0.1, 0.15) is 5.56 Å². The zero-order valence-corrected chi connectivity index (χ0v) is 11.9. The van der Waals surface area contributed by atoms with E-state index in [2.05, 4.69) is 0 Å². The summed E-state index contributed by atoms with van der Waals surface area (Å²) in [5, 5.41) is 0. The van der Waals surface area contributed by atoms with E-state index in [9.17, 15) is 4.79 Å². The molecular weight excluding hydrogens is 268 g/mol. The van der Waals surface area contributed by atoms with Crippen LogP contribution in [0.25, 0.3) is 0 Å². The van der Waals surface area contributed by atoms with Crippen LogP contribution in [-0.2, 0) is 9.47 Å². The Balaban J connectivity index is 3.32. The smallest absolute Gasteiger partial charge is 0.188 e. The van der Waals surface area contributed by atoms with E-state index in [1.807, 2.05) is 0 Å². The molecule has 0 saturated carbocycles. The summed E-state index contributed by atoms with van der Waals surface area (Å²) in [4.78, 5) is 11.3. The molecule has 112 valence electrons. The Morgan fingerprint density at radius 2 is 1.55 bits per heavy atom. The Morgan fingerprint density at radius 1 is 0.900 bits per heavy atom. The number of aldehydes is 1. The van der Waals surface area contributed by atoms with Crippen LogP contribution < -0.4 is 18.9 Å². The fraction of sp³-hybridized carbons (Fsp3) is 0.462. The summed E-state index contributed by atoms with van der Waals surface area (Å²) in [5.74, 6) is 1.11. The van der Waals surface area contributed by atoms with Crippen molar-refractivity contribution in [2.45, 2.75) is 0 Å². The molecule has 7 nitrogen and oxygen atoms in total. The van der Waals surface area contributed by atoms with E-state index in [1.165, 1.54) is 28.4 Å². The SMILES string of the molecule is COCOc1cc(OC)c(OCOC)c(C=O)c1OC. The van der Waals surface area contributed by atoms with Crippen LogP contribution in [0.4, 0.5) is 0 Å². The van der Waals surface area contributed by atoms with Gasteiger partial charge in [0.2, 0.25) is 0 Å². The van der Waals surface area contributed by atoms with E-state index >= 15 is 0 Å². The first kappa shape index (κ1) is 16.1. The molecule has 1 rings (SSSR count). The number of methoxy groups -OCH3 is 4. The number of hydrogen-bond donors (Lipinski definition) is 0. The van der Waals surface area contributed by atoms with Crippen LogP contribution in [-0.4, -0.2) is 48.3 Å². The van der Waals surface area contributed by atoms with Gasteiger partial charge in [-0.15, -0.1) is 0 Å². The predicted octanol–water partition coefficient (Wildman–Crippen LogP) is 1.48. The van der Waals surface area contributed by atoms with Crippen LogP contribution in [0.3, 0.4) is 0 Å². The van der Waals surface area contributed by atoms with Crippen molar-refractivity contribution in [2.24, 2.45) is 0 Å². The Morgan fingerprint density at radius 3 is 2.05 bits per heavy atom. The molecule has 0 atom stereocenters. The second-order valence-corrected chi connectivity index (χ2v) is 3.57. The molecule has 0 radical (unpaired) electrons. The van der Waals surface area contributed by atoms with Gasteiger partial charge in [-0.2, -0.15) is 0 Å². The summed E-state index contributed by atoms with van der Waals surface area (Å²) >= 11 is 0. The van der Waals surface area contributed by atoms with Crippen LogP contribution in [0.2, 0.25) is 0 Å². The molecular formula is C13H18O7. The van der Waals surface area contributed by atoms with Crippen molar-refractivity contribution >= 4 is 6.29 Å². The zero-order valence-electron chi connectivity index (χ0n) is 11.9. The summed E-state index contributed by atoms with van der Waals surface area (Å²) in [6.07, 6.45) is 0.603. The van der Waals surface area contributed by atoms with E-state index in [4.69, 9.17) is 28.4 Å². The summed E-state index contributed by atoms with van der Waals surface area (Å²) in [7, 11) is 5.84.